The van der Waals surface area contributed by atoms with Gasteiger partial charge in [-0.1, -0.05) is 0 Å². The van der Waals surface area contributed by atoms with E-state index in [0.29, 0.717) is 12.2 Å². The van der Waals surface area contributed by atoms with Gasteiger partial charge in [-0.2, -0.15) is 0 Å². The average Bonchev–Trinajstić information content (AvgIpc) is 2.47. The lowest BCUT2D eigenvalue weighted by Crippen LogP contribution is -1.91. The van der Waals surface area contributed by atoms with E-state index >= 15 is 0 Å². The number of carbonyl (C=O) groups excluding carboxylic acids is 1. The van der Waals surface area contributed by atoms with Crippen LogP contribution in [0.3, 0.4) is 0 Å². The van der Waals surface area contributed by atoms with Crippen LogP contribution in [0.2, 0.25) is 0 Å². The molecule has 0 fully saturated rings. The molecule has 21 heavy (non-hydrogen) atoms. The molecule has 0 atom stereocenters. The van der Waals surface area contributed by atoms with Crippen molar-refractivity contribution >= 4 is 41.7 Å². The first-order valence-electron chi connectivity index (χ1n) is 6.57. The Kier molecular flexibility index (Phi) is 7.08. The molecule has 2 rings (SSSR count). The number of nitrogens with zero attached hydrogens (tertiary/aromatic N) is 1. The third-order valence-electron chi connectivity index (χ3n) is 2.83. The summed E-state index contributed by atoms with van der Waals surface area (Å²) in [6.07, 6.45) is 1.79. The molecule has 0 heterocycles. The predicted octanol–water partition coefficient (Wildman–Crippen LogP) is 4.66. The Hall–Kier alpha value is -1.69. The van der Waals surface area contributed by atoms with Crippen LogP contribution in [-0.2, 0) is 0 Å². The molecule has 0 aliphatic rings. The van der Waals surface area contributed by atoms with Crippen molar-refractivity contribution in [2.45, 2.75) is 13.8 Å². The van der Waals surface area contributed by atoms with E-state index in [0.717, 1.165) is 17.0 Å². The quantitative estimate of drug-likeness (QED) is 0.420. The summed E-state index contributed by atoms with van der Waals surface area (Å²) in [5.41, 5.74) is 2.53. The van der Waals surface area contributed by atoms with Crippen LogP contribution in [0.25, 0.3) is 0 Å². The highest BCUT2D eigenvalue weighted by molar-refractivity contribution is 14.0. The molecular weight excluding hydrogens is 377 g/mol. The minimum absolute atomic E-state index is 0. The third-order valence-corrected chi connectivity index (χ3v) is 2.83. The van der Waals surface area contributed by atoms with E-state index in [2.05, 4.69) is 4.99 Å². The molecule has 110 valence electrons. The molecule has 0 N–H and O–H groups in total. The summed E-state index contributed by atoms with van der Waals surface area (Å²) in [6.45, 7) is 4.17. The molecule has 0 bridgehead atoms. The van der Waals surface area contributed by atoms with E-state index in [-0.39, 0.29) is 29.8 Å². The Labute approximate surface area is 142 Å². The fraction of sp³-hybridized carbons (Fsp3) is 0.176. The zero-order valence-corrected chi connectivity index (χ0v) is 14.4. The van der Waals surface area contributed by atoms with Crippen molar-refractivity contribution in [3.05, 3.63) is 59.7 Å². The number of rotatable bonds is 5. The third kappa shape index (κ3) is 5.30. The van der Waals surface area contributed by atoms with Crippen LogP contribution >= 0.6 is 24.0 Å². The second-order valence-corrected chi connectivity index (χ2v) is 4.36. The molecular formula is C17H18INO2. The highest BCUT2D eigenvalue weighted by Gasteiger charge is 1.97. The van der Waals surface area contributed by atoms with Gasteiger partial charge < -0.3 is 4.74 Å². The first-order valence-corrected chi connectivity index (χ1v) is 6.57. The summed E-state index contributed by atoms with van der Waals surface area (Å²) in [5, 5.41) is 0. The summed E-state index contributed by atoms with van der Waals surface area (Å²) in [4.78, 5) is 15.5. The first-order chi connectivity index (χ1) is 9.69. The Balaban J connectivity index is 0.00000220. The number of benzene rings is 2. The number of Topliss-reactive ketones (excluding diaryl/α,β-unsaturated/α-hetero) is 1. The van der Waals surface area contributed by atoms with E-state index in [9.17, 15) is 4.79 Å². The number of carbonyl (C=O) groups is 1. The number of ether oxygens (including phenoxy) is 1. The smallest absolute Gasteiger partial charge is 0.159 e. The Bertz CT molecular complexity index is 604. The average molecular weight is 395 g/mol. The summed E-state index contributed by atoms with van der Waals surface area (Å²) < 4.78 is 5.38. The lowest BCUT2D eigenvalue weighted by Gasteiger charge is -2.02. The zero-order valence-electron chi connectivity index (χ0n) is 12.1. The van der Waals surface area contributed by atoms with Crippen LogP contribution < -0.4 is 4.74 Å². The van der Waals surface area contributed by atoms with E-state index in [1.807, 2.05) is 43.3 Å². The Morgan fingerprint density at radius 2 is 1.71 bits per heavy atom. The molecule has 0 saturated carbocycles. The second-order valence-electron chi connectivity index (χ2n) is 4.36. The van der Waals surface area contributed by atoms with Gasteiger partial charge >= 0.3 is 0 Å². The van der Waals surface area contributed by atoms with Gasteiger partial charge in [0.05, 0.1) is 12.3 Å². The molecule has 4 heteroatoms. The predicted molar refractivity (Wildman–Crippen MR) is 96.7 cm³/mol. The van der Waals surface area contributed by atoms with Gasteiger partial charge in [-0.3, -0.25) is 9.79 Å². The normalized spacial score (nSPS) is 10.2. The zero-order chi connectivity index (χ0) is 14.4. The monoisotopic (exact) mass is 395 g/mol. The lowest BCUT2D eigenvalue weighted by atomic mass is 10.1. The van der Waals surface area contributed by atoms with E-state index in [1.54, 1.807) is 25.3 Å². The second kappa shape index (κ2) is 8.56. The highest BCUT2D eigenvalue weighted by Crippen LogP contribution is 2.15. The molecule has 2 aromatic carbocycles. The Morgan fingerprint density at radius 1 is 1.10 bits per heavy atom. The summed E-state index contributed by atoms with van der Waals surface area (Å²) >= 11 is 0. The first kappa shape index (κ1) is 17.4. The molecule has 2 aromatic rings. The van der Waals surface area contributed by atoms with Crippen LogP contribution in [0.5, 0.6) is 5.75 Å². The highest BCUT2D eigenvalue weighted by atomic mass is 127. The number of hydrogen-bond donors (Lipinski definition) is 0. The molecule has 0 amide bonds. The number of aliphatic imine (C=N–C) groups is 1. The fourth-order valence-corrected chi connectivity index (χ4v) is 1.75. The number of hydrogen-bond acceptors (Lipinski definition) is 3. The molecule has 0 radical (unpaired) electrons. The molecule has 0 aliphatic heterocycles. The van der Waals surface area contributed by atoms with E-state index in [4.69, 9.17) is 4.74 Å². The van der Waals surface area contributed by atoms with E-state index < -0.39 is 0 Å². The van der Waals surface area contributed by atoms with Crippen molar-refractivity contribution in [1.82, 2.24) is 0 Å². The maximum Gasteiger partial charge on any atom is 0.159 e. The van der Waals surface area contributed by atoms with Gasteiger partial charge in [0.2, 0.25) is 0 Å². The van der Waals surface area contributed by atoms with Gasteiger partial charge in [0.15, 0.2) is 5.78 Å². The van der Waals surface area contributed by atoms with E-state index in [1.165, 1.54) is 0 Å². The number of ketones is 1. The van der Waals surface area contributed by atoms with Gasteiger partial charge in [0, 0.05) is 11.8 Å². The molecule has 3 nitrogen and oxygen atoms in total. The molecule has 0 unspecified atom stereocenters. The molecule has 0 aliphatic carbocycles. The largest absolute Gasteiger partial charge is 0.494 e. The fourth-order valence-electron chi connectivity index (χ4n) is 1.75. The van der Waals surface area contributed by atoms with Crippen molar-refractivity contribution in [1.29, 1.82) is 0 Å². The minimum Gasteiger partial charge on any atom is -0.494 e. The van der Waals surface area contributed by atoms with Crippen LogP contribution in [0.1, 0.15) is 29.8 Å². The number of halogens is 1. The maximum absolute atomic E-state index is 11.2. The van der Waals surface area contributed by atoms with Crippen LogP contribution in [-0.4, -0.2) is 18.6 Å². The van der Waals surface area contributed by atoms with Gasteiger partial charge in [-0.25, -0.2) is 0 Å². The van der Waals surface area contributed by atoms with Crippen molar-refractivity contribution in [3.63, 3.8) is 0 Å². The SMILES string of the molecule is CCOc1ccc(C=Nc2ccc(C(C)=O)cc2)cc1.I. The molecule has 0 spiro atoms. The van der Waals surface area contributed by atoms with Crippen molar-refractivity contribution in [2.24, 2.45) is 4.99 Å². The van der Waals surface area contributed by atoms with Gasteiger partial charge in [0.1, 0.15) is 5.75 Å². The maximum atomic E-state index is 11.2. The van der Waals surface area contributed by atoms with Crippen LogP contribution in [0.4, 0.5) is 5.69 Å². The Morgan fingerprint density at radius 3 is 2.24 bits per heavy atom. The summed E-state index contributed by atoms with van der Waals surface area (Å²) in [6, 6.07) is 15.0. The molecule has 0 aromatic heterocycles. The lowest BCUT2D eigenvalue weighted by molar-refractivity contribution is 0.101. The van der Waals surface area contributed by atoms with Crippen molar-refractivity contribution in [2.75, 3.05) is 6.61 Å². The van der Waals surface area contributed by atoms with Crippen LogP contribution in [0.15, 0.2) is 53.5 Å². The molecule has 0 saturated heterocycles. The van der Waals surface area contributed by atoms with Crippen LogP contribution in [0, 0.1) is 0 Å². The van der Waals surface area contributed by atoms with Gasteiger partial charge in [0.25, 0.3) is 0 Å². The summed E-state index contributed by atoms with van der Waals surface area (Å²) in [7, 11) is 0. The van der Waals surface area contributed by atoms with Gasteiger partial charge in [-0.05, 0) is 67.9 Å². The summed E-state index contributed by atoms with van der Waals surface area (Å²) in [5.74, 6) is 0.919. The standard InChI is InChI=1S/C17H17NO2.HI/c1-3-20-17-10-4-14(5-11-17)12-18-16-8-6-15(7-9-16)13(2)19;/h4-12H,3H2,1-2H3;1H. The minimum atomic E-state index is 0. The van der Waals surface area contributed by atoms with Gasteiger partial charge in [-0.15, -0.1) is 24.0 Å². The van der Waals surface area contributed by atoms with Crippen molar-refractivity contribution < 1.29 is 9.53 Å². The topological polar surface area (TPSA) is 38.7 Å². The van der Waals surface area contributed by atoms with Crippen molar-refractivity contribution in [3.8, 4) is 5.75 Å².